The number of Topliss-reactive ketones (excluding diaryl/α,β-unsaturated/α-hetero) is 1. The molecule has 1 N–H and O–H groups in total. The van der Waals surface area contributed by atoms with E-state index < -0.39 is 0 Å². The van der Waals surface area contributed by atoms with Gasteiger partial charge >= 0.3 is 0 Å². The standard InChI is InChI=1S/C23H16O4/c1-14(24)17-12-13-18-20(22(17)26)19(15-8-4-2-5-9-15)23(27-18)21(25)16-10-6-3-7-11-16/h2-13,26H,1H3. The summed E-state index contributed by atoms with van der Waals surface area (Å²) in [6, 6.07) is 21.2. The Labute approximate surface area is 155 Å². The van der Waals surface area contributed by atoms with Gasteiger partial charge in [0.2, 0.25) is 5.78 Å². The molecule has 3 aromatic carbocycles. The molecule has 0 atom stereocenters. The van der Waals surface area contributed by atoms with Crippen LogP contribution < -0.4 is 0 Å². The van der Waals surface area contributed by atoms with Crippen molar-refractivity contribution in [1.29, 1.82) is 0 Å². The number of hydrogen-bond acceptors (Lipinski definition) is 4. The van der Waals surface area contributed by atoms with E-state index in [1.807, 2.05) is 36.4 Å². The molecule has 0 aliphatic carbocycles. The Balaban J connectivity index is 2.06. The molecule has 4 heteroatoms. The summed E-state index contributed by atoms with van der Waals surface area (Å²) in [6.07, 6.45) is 0. The molecule has 0 amide bonds. The first-order chi connectivity index (χ1) is 13.1. The highest BCUT2D eigenvalue weighted by molar-refractivity contribution is 6.18. The normalized spacial score (nSPS) is 10.9. The molecule has 0 fully saturated rings. The molecular weight excluding hydrogens is 340 g/mol. The van der Waals surface area contributed by atoms with Crippen LogP contribution in [0.25, 0.3) is 22.1 Å². The van der Waals surface area contributed by atoms with Gasteiger partial charge in [-0.3, -0.25) is 9.59 Å². The third kappa shape index (κ3) is 2.81. The van der Waals surface area contributed by atoms with Gasteiger partial charge in [-0.1, -0.05) is 60.7 Å². The molecule has 0 aliphatic rings. The lowest BCUT2D eigenvalue weighted by Crippen LogP contribution is -2.01. The van der Waals surface area contributed by atoms with Crippen LogP contribution in [0.1, 0.15) is 33.4 Å². The summed E-state index contributed by atoms with van der Waals surface area (Å²) in [6.45, 7) is 1.39. The van der Waals surface area contributed by atoms with Gasteiger partial charge in [0.25, 0.3) is 0 Å². The number of furan rings is 1. The van der Waals surface area contributed by atoms with Crippen molar-refractivity contribution < 1.29 is 19.1 Å². The molecule has 1 heterocycles. The van der Waals surface area contributed by atoms with Gasteiger partial charge in [0.05, 0.1) is 10.9 Å². The summed E-state index contributed by atoms with van der Waals surface area (Å²) in [4.78, 5) is 25.0. The third-order valence-corrected chi connectivity index (χ3v) is 4.51. The van der Waals surface area contributed by atoms with Crippen LogP contribution in [0.2, 0.25) is 0 Å². The van der Waals surface area contributed by atoms with Crippen LogP contribution in [-0.4, -0.2) is 16.7 Å². The van der Waals surface area contributed by atoms with Gasteiger partial charge in [-0.05, 0) is 24.6 Å². The smallest absolute Gasteiger partial charge is 0.228 e. The summed E-state index contributed by atoms with van der Waals surface area (Å²) in [5, 5.41) is 11.1. The van der Waals surface area contributed by atoms with Crippen molar-refractivity contribution >= 4 is 22.5 Å². The monoisotopic (exact) mass is 356 g/mol. The van der Waals surface area contributed by atoms with Gasteiger partial charge in [0.15, 0.2) is 11.5 Å². The van der Waals surface area contributed by atoms with Crippen LogP contribution in [0.3, 0.4) is 0 Å². The molecule has 132 valence electrons. The van der Waals surface area contributed by atoms with Crippen LogP contribution in [0, 0.1) is 0 Å². The Kier molecular flexibility index (Phi) is 4.09. The number of carbonyl (C=O) groups is 2. The molecule has 27 heavy (non-hydrogen) atoms. The number of fused-ring (bicyclic) bond motifs is 1. The Morgan fingerprint density at radius 3 is 2.11 bits per heavy atom. The summed E-state index contributed by atoms with van der Waals surface area (Å²) in [5.41, 5.74) is 2.25. The van der Waals surface area contributed by atoms with Crippen molar-refractivity contribution in [3.63, 3.8) is 0 Å². The van der Waals surface area contributed by atoms with Crippen LogP contribution in [-0.2, 0) is 0 Å². The SMILES string of the molecule is CC(=O)c1ccc2oc(C(=O)c3ccccc3)c(-c3ccccc3)c2c1O. The fourth-order valence-corrected chi connectivity index (χ4v) is 3.22. The highest BCUT2D eigenvalue weighted by atomic mass is 16.3. The lowest BCUT2D eigenvalue weighted by molar-refractivity contribution is 0.100. The largest absolute Gasteiger partial charge is 0.506 e. The minimum absolute atomic E-state index is 0.137. The lowest BCUT2D eigenvalue weighted by Gasteiger charge is -2.06. The van der Waals surface area contributed by atoms with E-state index in [9.17, 15) is 14.7 Å². The average Bonchev–Trinajstić information content (AvgIpc) is 3.09. The molecule has 0 unspecified atom stereocenters. The minimum Gasteiger partial charge on any atom is -0.506 e. The van der Waals surface area contributed by atoms with Crippen LogP contribution in [0.5, 0.6) is 5.75 Å². The predicted molar refractivity (Wildman–Crippen MR) is 103 cm³/mol. The topological polar surface area (TPSA) is 67.5 Å². The second-order valence-corrected chi connectivity index (χ2v) is 6.26. The summed E-state index contributed by atoms with van der Waals surface area (Å²) in [5.74, 6) is -0.576. The predicted octanol–water partition coefficient (Wildman–Crippen LogP) is 5.24. The van der Waals surface area contributed by atoms with Crippen LogP contribution in [0.15, 0.2) is 77.2 Å². The van der Waals surface area contributed by atoms with Crippen molar-refractivity contribution in [2.45, 2.75) is 6.92 Å². The maximum Gasteiger partial charge on any atom is 0.228 e. The first-order valence-corrected chi connectivity index (χ1v) is 8.52. The van der Waals surface area contributed by atoms with E-state index in [0.717, 1.165) is 5.56 Å². The second-order valence-electron chi connectivity index (χ2n) is 6.26. The molecule has 0 bridgehead atoms. The quantitative estimate of drug-likeness (QED) is 0.508. The molecule has 0 spiro atoms. The van der Waals surface area contributed by atoms with E-state index in [-0.39, 0.29) is 28.6 Å². The maximum atomic E-state index is 13.1. The van der Waals surface area contributed by atoms with Gasteiger partial charge in [-0.15, -0.1) is 0 Å². The second kappa shape index (κ2) is 6.57. The highest BCUT2D eigenvalue weighted by Gasteiger charge is 2.26. The number of phenolic OH excluding ortho intramolecular Hbond substituents is 1. The molecule has 0 radical (unpaired) electrons. The fourth-order valence-electron chi connectivity index (χ4n) is 3.22. The number of benzene rings is 3. The van der Waals surface area contributed by atoms with Crippen molar-refractivity contribution in [2.24, 2.45) is 0 Å². The zero-order valence-electron chi connectivity index (χ0n) is 14.6. The van der Waals surface area contributed by atoms with E-state index in [1.165, 1.54) is 13.0 Å². The maximum absolute atomic E-state index is 13.1. The zero-order valence-corrected chi connectivity index (χ0v) is 14.6. The van der Waals surface area contributed by atoms with Crippen LogP contribution >= 0.6 is 0 Å². The fraction of sp³-hybridized carbons (Fsp3) is 0.0435. The Morgan fingerprint density at radius 1 is 0.852 bits per heavy atom. The van der Waals surface area contributed by atoms with E-state index in [2.05, 4.69) is 0 Å². The summed E-state index contributed by atoms with van der Waals surface area (Å²) in [7, 11) is 0. The first-order valence-electron chi connectivity index (χ1n) is 8.52. The van der Waals surface area contributed by atoms with Crippen molar-refractivity contribution in [2.75, 3.05) is 0 Å². The number of rotatable bonds is 4. The van der Waals surface area contributed by atoms with E-state index in [1.54, 1.807) is 30.3 Å². The highest BCUT2D eigenvalue weighted by Crippen LogP contribution is 2.42. The van der Waals surface area contributed by atoms with Crippen molar-refractivity contribution in [3.8, 4) is 16.9 Å². The van der Waals surface area contributed by atoms with Gasteiger partial charge in [-0.2, -0.15) is 0 Å². The number of phenols is 1. The third-order valence-electron chi connectivity index (χ3n) is 4.51. The van der Waals surface area contributed by atoms with E-state index in [0.29, 0.717) is 22.1 Å². The molecule has 0 saturated heterocycles. The zero-order chi connectivity index (χ0) is 19.0. The number of aromatic hydroxyl groups is 1. The van der Waals surface area contributed by atoms with Crippen molar-refractivity contribution in [3.05, 3.63) is 89.7 Å². The Bertz CT molecular complexity index is 1160. The Morgan fingerprint density at radius 2 is 1.48 bits per heavy atom. The minimum atomic E-state index is -0.283. The van der Waals surface area contributed by atoms with Gasteiger partial charge in [0, 0.05) is 11.1 Å². The van der Waals surface area contributed by atoms with Crippen LogP contribution in [0.4, 0.5) is 0 Å². The van der Waals surface area contributed by atoms with Gasteiger partial charge in [-0.25, -0.2) is 0 Å². The average molecular weight is 356 g/mol. The molecule has 4 rings (SSSR count). The first kappa shape index (κ1) is 16.8. The molecular formula is C23H16O4. The molecule has 1 aromatic heterocycles. The number of ketones is 2. The van der Waals surface area contributed by atoms with Crippen molar-refractivity contribution in [1.82, 2.24) is 0 Å². The lowest BCUT2D eigenvalue weighted by atomic mass is 9.96. The van der Waals surface area contributed by atoms with Gasteiger partial charge in [0.1, 0.15) is 11.3 Å². The summed E-state index contributed by atoms with van der Waals surface area (Å²) >= 11 is 0. The van der Waals surface area contributed by atoms with E-state index >= 15 is 0 Å². The summed E-state index contributed by atoms with van der Waals surface area (Å²) < 4.78 is 5.86. The van der Waals surface area contributed by atoms with E-state index in [4.69, 9.17) is 4.42 Å². The molecule has 4 nitrogen and oxygen atoms in total. The Hall–Kier alpha value is -3.66. The number of carbonyl (C=O) groups excluding carboxylic acids is 2. The molecule has 4 aromatic rings. The number of hydrogen-bond donors (Lipinski definition) is 1. The van der Waals surface area contributed by atoms with Gasteiger partial charge < -0.3 is 9.52 Å². The molecule has 0 aliphatic heterocycles. The molecule has 0 saturated carbocycles.